The molecule has 1 atom stereocenters. The molecule has 0 aromatic heterocycles. The summed E-state index contributed by atoms with van der Waals surface area (Å²) >= 11 is 0. The number of amides is 2. The minimum atomic E-state index is -1.43. The summed E-state index contributed by atoms with van der Waals surface area (Å²) in [5, 5.41) is 22.0. The maximum absolute atomic E-state index is 11.6. The average molecular weight is 260 g/mol. The van der Waals surface area contributed by atoms with E-state index in [9.17, 15) is 14.4 Å². The predicted molar refractivity (Wildman–Crippen MR) is 64.3 cm³/mol. The Labute approximate surface area is 106 Å². The molecule has 0 aliphatic carbocycles. The Morgan fingerprint density at radius 3 is 2.17 bits per heavy atom. The number of hydrogen-bond donors (Lipinski definition) is 4. The van der Waals surface area contributed by atoms with E-state index in [1.165, 1.54) is 0 Å². The van der Waals surface area contributed by atoms with Crippen LogP contribution in [-0.2, 0) is 9.59 Å². The molecule has 7 nitrogen and oxygen atoms in total. The molecule has 0 aliphatic heterocycles. The fourth-order valence-corrected chi connectivity index (χ4v) is 1.56. The molecular weight excluding hydrogens is 240 g/mol. The summed E-state index contributed by atoms with van der Waals surface area (Å²) in [6.07, 6.45) is 0.943. The molecule has 0 heterocycles. The molecule has 0 aromatic rings. The van der Waals surface area contributed by atoms with Crippen LogP contribution in [0.3, 0.4) is 0 Å². The van der Waals surface area contributed by atoms with Crippen molar-refractivity contribution in [1.82, 2.24) is 10.6 Å². The van der Waals surface area contributed by atoms with Crippen molar-refractivity contribution in [3.8, 4) is 0 Å². The first-order valence-corrected chi connectivity index (χ1v) is 5.71. The van der Waals surface area contributed by atoms with Crippen molar-refractivity contribution in [1.29, 1.82) is 0 Å². The van der Waals surface area contributed by atoms with Gasteiger partial charge in [-0.2, -0.15) is 0 Å². The quantitative estimate of drug-likeness (QED) is 0.540. The standard InChI is InChI=1S/C11H20N2O5/c1-4-5-11(2,3)13-10(18)12-7(9(16)17)6-8(14)15/h7H,4-6H2,1-3H3,(H,14,15)(H,16,17)(H2,12,13,18)/t7-/m1/s1. The highest BCUT2D eigenvalue weighted by Gasteiger charge is 2.25. The van der Waals surface area contributed by atoms with Crippen LogP contribution in [0.2, 0.25) is 0 Å². The zero-order chi connectivity index (χ0) is 14.3. The topological polar surface area (TPSA) is 116 Å². The number of aliphatic carboxylic acids is 2. The van der Waals surface area contributed by atoms with Crippen molar-refractivity contribution in [2.45, 2.75) is 51.6 Å². The SMILES string of the molecule is CCCC(C)(C)NC(=O)N[C@H](CC(=O)O)C(=O)O. The lowest BCUT2D eigenvalue weighted by atomic mass is 9.99. The monoisotopic (exact) mass is 260 g/mol. The van der Waals surface area contributed by atoms with Crippen LogP contribution in [0.5, 0.6) is 0 Å². The molecule has 0 saturated carbocycles. The number of nitrogens with one attached hydrogen (secondary N) is 2. The lowest BCUT2D eigenvalue weighted by Gasteiger charge is -2.26. The van der Waals surface area contributed by atoms with E-state index < -0.39 is 36.0 Å². The van der Waals surface area contributed by atoms with Crippen LogP contribution in [0.1, 0.15) is 40.0 Å². The fourth-order valence-electron chi connectivity index (χ4n) is 1.56. The minimum absolute atomic E-state index is 0.467. The molecule has 0 saturated heterocycles. The molecular formula is C11H20N2O5. The highest BCUT2D eigenvalue weighted by Crippen LogP contribution is 2.10. The number of carboxylic acids is 2. The van der Waals surface area contributed by atoms with Crippen LogP contribution in [-0.4, -0.2) is 39.8 Å². The maximum atomic E-state index is 11.6. The van der Waals surface area contributed by atoms with E-state index in [0.717, 1.165) is 12.8 Å². The fraction of sp³-hybridized carbons (Fsp3) is 0.727. The second-order valence-electron chi connectivity index (χ2n) is 4.72. The zero-order valence-electron chi connectivity index (χ0n) is 10.8. The van der Waals surface area contributed by atoms with Gasteiger partial charge in [-0.15, -0.1) is 0 Å². The van der Waals surface area contributed by atoms with E-state index in [1.54, 1.807) is 0 Å². The minimum Gasteiger partial charge on any atom is -0.481 e. The first-order valence-electron chi connectivity index (χ1n) is 5.71. The Balaban J connectivity index is 4.43. The third kappa shape index (κ3) is 6.72. The summed E-state index contributed by atoms with van der Waals surface area (Å²) in [5.74, 6) is -2.66. The number of carboxylic acid groups (broad SMARTS) is 2. The van der Waals surface area contributed by atoms with Crippen molar-refractivity contribution in [3.05, 3.63) is 0 Å². The Morgan fingerprint density at radius 1 is 1.22 bits per heavy atom. The third-order valence-electron chi connectivity index (χ3n) is 2.31. The van der Waals surface area contributed by atoms with Crippen LogP contribution in [0.25, 0.3) is 0 Å². The molecule has 0 unspecified atom stereocenters. The normalized spacial score (nSPS) is 12.6. The molecule has 7 heteroatoms. The van der Waals surface area contributed by atoms with Crippen LogP contribution in [0.15, 0.2) is 0 Å². The predicted octanol–water partition coefficient (Wildman–Crippen LogP) is 0.792. The molecule has 104 valence electrons. The van der Waals surface area contributed by atoms with E-state index in [2.05, 4.69) is 10.6 Å². The first kappa shape index (κ1) is 16.2. The molecule has 0 bridgehead atoms. The molecule has 0 aliphatic rings. The number of urea groups is 1. The summed E-state index contributed by atoms with van der Waals surface area (Å²) in [7, 11) is 0. The van der Waals surface area contributed by atoms with E-state index in [0.29, 0.717) is 0 Å². The van der Waals surface area contributed by atoms with Gasteiger partial charge in [-0.25, -0.2) is 9.59 Å². The number of hydrogen-bond acceptors (Lipinski definition) is 3. The smallest absolute Gasteiger partial charge is 0.326 e. The highest BCUT2D eigenvalue weighted by atomic mass is 16.4. The van der Waals surface area contributed by atoms with Gasteiger partial charge in [-0.05, 0) is 20.3 Å². The van der Waals surface area contributed by atoms with Gasteiger partial charge in [0.15, 0.2) is 0 Å². The molecule has 4 N–H and O–H groups in total. The van der Waals surface area contributed by atoms with Gasteiger partial charge < -0.3 is 20.8 Å². The molecule has 2 amide bonds. The molecule has 0 fully saturated rings. The Morgan fingerprint density at radius 2 is 1.78 bits per heavy atom. The van der Waals surface area contributed by atoms with Gasteiger partial charge in [0, 0.05) is 5.54 Å². The van der Waals surface area contributed by atoms with Gasteiger partial charge in [0.25, 0.3) is 0 Å². The molecule has 0 radical (unpaired) electrons. The number of carbonyl (C=O) groups is 3. The van der Waals surface area contributed by atoms with Gasteiger partial charge in [0.2, 0.25) is 0 Å². The second kappa shape index (κ2) is 6.83. The second-order valence-corrected chi connectivity index (χ2v) is 4.72. The van der Waals surface area contributed by atoms with Crippen LogP contribution in [0.4, 0.5) is 4.79 Å². The van der Waals surface area contributed by atoms with E-state index in [-0.39, 0.29) is 0 Å². The van der Waals surface area contributed by atoms with Gasteiger partial charge in [0.05, 0.1) is 6.42 Å². The van der Waals surface area contributed by atoms with Crippen molar-refractivity contribution in [2.24, 2.45) is 0 Å². The Kier molecular flexibility index (Phi) is 6.15. The molecule has 0 spiro atoms. The lowest BCUT2D eigenvalue weighted by Crippen LogP contribution is -2.53. The molecule has 0 aromatic carbocycles. The summed E-state index contributed by atoms with van der Waals surface area (Å²) in [6, 6.07) is -2.11. The third-order valence-corrected chi connectivity index (χ3v) is 2.31. The summed E-state index contributed by atoms with van der Waals surface area (Å²) in [4.78, 5) is 32.8. The largest absolute Gasteiger partial charge is 0.481 e. The van der Waals surface area contributed by atoms with Crippen molar-refractivity contribution < 1.29 is 24.6 Å². The summed E-state index contributed by atoms with van der Waals surface area (Å²) in [5.41, 5.74) is -0.467. The molecule has 0 rings (SSSR count). The highest BCUT2D eigenvalue weighted by molar-refractivity contribution is 5.86. The lowest BCUT2D eigenvalue weighted by molar-refractivity contribution is -0.145. The average Bonchev–Trinajstić information content (AvgIpc) is 2.14. The number of rotatable bonds is 7. The van der Waals surface area contributed by atoms with Gasteiger partial charge in [0.1, 0.15) is 6.04 Å². The molecule has 18 heavy (non-hydrogen) atoms. The van der Waals surface area contributed by atoms with Crippen molar-refractivity contribution in [2.75, 3.05) is 0 Å². The van der Waals surface area contributed by atoms with Crippen LogP contribution >= 0.6 is 0 Å². The van der Waals surface area contributed by atoms with E-state index in [1.807, 2.05) is 20.8 Å². The van der Waals surface area contributed by atoms with Gasteiger partial charge in [-0.3, -0.25) is 4.79 Å². The number of carbonyl (C=O) groups excluding carboxylic acids is 1. The first-order chi connectivity index (χ1) is 8.18. The van der Waals surface area contributed by atoms with Crippen molar-refractivity contribution >= 4 is 18.0 Å². The van der Waals surface area contributed by atoms with Gasteiger partial charge >= 0.3 is 18.0 Å². The maximum Gasteiger partial charge on any atom is 0.326 e. The van der Waals surface area contributed by atoms with Gasteiger partial charge in [-0.1, -0.05) is 13.3 Å². The Hall–Kier alpha value is -1.79. The van der Waals surface area contributed by atoms with Crippen LogP contribution < -0.4 is 10.6 Å². The van der Waals surface area contributed by atoms with Crippen molar-refractivity contribution in [3.63, 3.8) is 0 Å². The Bertz CT molecular complexity index is 327. The summed E-state index contributed by atoms with van der Waals surface area (Å²) in [6.45, 7) is 5.58. The van der Waals surface area contributed by atoms with E-state index in [4.69, 9.17) is 10.2 Å². The zero-order valence-corrected chi connectivity index (χ0v) is 10.8. The van der Waals surface area contributed by atoms with Crippen LogP contribution in [0, 0.1) is 0 Å². The van der Waals surface area contributed by atoms with E-state index >= 15 is 0 Å². The summed E-state index contributed by atoms with van der Waals surface area (Å²) < 4.78 is 0.